The second-order valence-electron chi connectivity index (χ2n) is 8.62. The van der Waals surface area contributed by atoms with Crippen molar-refractivity contribution in [2.45, 2.75) is 68.3 Å². The number of carbonyl (C=O) groups is 1. The van der Waals surface area contributed by atoms with E-state index in [-0.39, 0.29) is 16.9 Å². The van der Waals surface area contributed by atoms with Crippen LogP contribution in [0.15, 0.2) is 48.5 Å². The molecular formula is C24H29NO3S. The first kappa shape index (κ1) is 20.1. The van der Waals surface area contributed by atoms with Gasteiger partial charge in [0.1, 0.15) is 0 Å². The molecule has 2 aliphatic carbocycles. The van der Waals surface area contributed by atoms with Crippen molar-refractivity contribution in [2.75, 3.05) is 5.32 Å². The molecule has 0 atom stereocenters. The standard InChI is InChI=1S/C24H29NO3S/c1-18-8-5-6-13-22(18)24(14-15-24)23(26)25-20-10-7-9-19(16-20)17-29(27,28)21-11-3-2-4-12-21/h5-10,13,16,21H,2-4,11-12,14-15,17H2,1H3,(H,25,26). The monoisotopic (exact) mass is 411 g/mol. The van der Waals surface area contributed by atoms with Crippen molar-refractivity contribution in [2.24, 2.45) is 0 Å². The molecule has 2 aromatic carbocycles. The number of amides is 1. The van der Waals surface area contributed by atoms with Crippen LogP contribution < -0.4 is 5.32 Å². The highest BCUT2D eigenvalue weighted by atomic mass is 32.2. The number of benzene rings is 2. The molecule has 0 aliphatic heterocycles. The first-order valence-electron chi connectivity index (χ1n) is 10.6. The van der Waals surface area contributed by atoms with Gasteiger partial charge in [-0.15, -0.1) is 0 Å². The summed E-state index contributed by atoms with van der Waals surface area (Å²) >= 11 is 0. The number of carbonyl (C=O) groups excluding carboxylic acids is 1. The van der Waals surface area contributed by atoms with Crippen LogP contribution in [0, 0.1) is 6.92 Å². The van der Waals surface area contributed by atoms with Crippen molar-refractivity contribution in [3.8, 4) is 0 Å². The van der Waals surface area contributed by atoms with Gasteiger partial charge in [-0.3, -0.25) is 4.79 Å². The quantitative estimate of drug-likeness (QED) is 0.734. The Morgan fingerprint density at radius 1 is 1.03 bits per heavy atom. The van der Waals surface area contributed by atoms with E-state index in [2.05, 4.69) is 5.32 Å². The molecule has 2 saturated carbocycles. The average molecular weight is 412 g/mol. The first-order valence-corrected chi connectivity index (χ1v) is 12.3. The predicted octanol–water partition coefficient (Wildman–Crippen LogP) is 4.91. The minimum absolute atomic E-state index is 0.000845. The van der Waals surface area contributed by atoms with Gasteiger partial charge in [0.25, 0.3) is 0 Å². The number of nitrogens with one attached hydrogen (secondary N) is 1. The number of rotatable bonds is 6. The van der Waals surface area contributed by atoms with Crippen molar-refractivity contribution in [3.63, 3.8) is 0 Å². The number of anilines is 1. The smallest absolute Gasteiger partial charge is 0.235 e. The van der Waals surface area contributed by atoms with Gasteiger partial charge in [0.2, 0.25) is 5.91 Å². The molecule has 0 bridgehead atoms. The second-order valence-corrected chi connectivity index (χ2v) is 10.9. The van der Waals surface area contributed by atoms with Crippen LogP contribution in [0.5, 0.6) is 0 Å². The molecule has 0 aromatic heterocycles. The third-order valence-corrected chi connectivity index (χ3v) is 8.68. The molecule has 1 amide bonds. The summed E-state index contributed by atoms with van der Waals surface area (Å²) in [7, 11) is -3.16. The lowest BCUT2D eigenvalue weighted by Crippen LogP contribution is -2.28. The van der Waals surface area contributed by atoms with Crippen LogP contribution in [0.2, 0.25) is 0 Å². The normalized spacial score (nSPS) is 18.9. The van der Waals surface area contributed by atoms with E-state index in [1.54, 1.807) is 0 Å². The Balaban J connectivity index is 1.48. The zero-order chi connectivity index (χ0) is 20.5. The van der Waals surface area contributed by atoms with E-state index in [0.717, 1.165) is 61.6 Å². The highest BCUT2D eigenvalue weighted by Crippen LogP contribution is 2.50. The Bertz CT molecular complexity index is 1000. The number of hydrogen-bond donors (Lipinski definition) is 1. The van der Waals surface area contributed by atoms with Crippen LogP contribution in [0.3, 0.4) is 0 Å². The molecule has 0 radical (unpaired) electrons. The maximum Gasteiger partial charge on any atom is 0.235 e. The molecule has 5 heteroatoms. The number of aryl methyl sites for hydroxylation is 1. The molecular weight excluding hydrogens is 382 g/mol. The molecule has 0 heterocycles. The zero-order valence-corrected chi connectivity index (χ0v) is 17.8. The minimum atomic E-state index is -3.16. The molecule has 0 unspecified atom stereocenters. The van der Waals surface area contributed by atoms with E-state index in [1.165, 1.54) is 0 Å². The Morgan fingerprint density at radius 3 is 2.45 bits per heavy atom. The van der Waals surface area contributed by atoms with Crippen molar-refractivity contribution in [1.82, 2.24) is 0 Å². The highest BCUT2D eigenvalue weighted by Gasteiger charge is 2.51. The first-order chi connectivity index (χ1) is 13.9. The fraction of sp³-hybridized carbons (Fsp3) is 0.458. The lowest BCUT2D eigenvalue weighted by atomic mass is 9.91. The van der Waals surface area contributed by atoms with E-state index >= 15 is 0 Å². The van der Waals surface area contributed by atoms with E-state index in [9.17, 15) is 13.2 Å². The topological polar surface area (TPSA) is 63.2 Å². The largest absolute Gasteiger partial charge is 0.325 e. The molecule has 0 saturated heterocycles. The molecule has 2 aliphatic rings. The van der Waals surface area contributed by atoms with Gasteiger partial charge in [-0.2, -0.15) is 0 Å². The second kappa shape index (κ2) is 7.94. The van der Waals surface area contributed by atoms with E-state index in [0.29, 0.717) is 5.69 Å². The van der Waals surface area contributed by atoms with Crippen LogP contribution in [0.1, 0.15) is 61.6 Å². The summed E-state index contributed by atoms with van der Waals surface area (Å²) in [6, 6.07) is 15.4. The lowest BCUT2D eigenvalue weighted by molar-refractivity contribution is -0.118. The summed E-state index contributed by atoms with van der Waals surface area (Å²) < 4.78 is 25.6. The maximum atomic E-state index is 13.1. The third-order valence-electron chi connectivity index (χ3n) is 6.46. The fourth-order valence-corrected chi connectivity index (χ4v) is 6.55. The van der Waals surface area contributed by atoms with Gasteiger partial charge in [0.05, 0.1) is 16.4 Å². The van der Waals surface area contributed by atoms with Gasteiger partial charge in [-0.1, -0.05) is 55.7 Å². The SMILES string of the molecule is Cc1ccccc1C1(C(=O)Nc2cccc(CS(=O)(=O)C3CCCCC3)c2)CC1. The number of hydrogen-bond acceptors (Lipinski definition) is 3. The van der Waals surface area contributed by atoms with E-state index in [4.69, 9.17) is 0 Å². The lowest BCUT2D eigenvalue weighted by Gasteiger charge is -2.22. The van der Waals surface area contributed by atoms with E-state index < -0.39 is 15.3 Å². The van der Waals surface area contributed by atoms with Crippen LogP contribution >= 0.6 is 0 Å². The van der Waals surface area contributed by atoms with Gasteiger partial charge >= 0.3 is 0 Å². The van der Waals surface area contributed by atoms with Crippen LogP contribution in [-0.4, -0.2) is 19.6 Å². The molecule has 4 nitrogen and oxygen atoms in total. The molecule has 4 rings (SSSR count). The minimum Gasteiger partial charge on any atom is -0.325 e. The number of sulfone groups is 1. The maximum absolute atomic E-state index is 13.1. The third kappa shape index (κ3) is 4.25. The van der Waals surface area contributed by atoms with Crippen molar-refractivity contribution >= 4 is 21.4 Å². The van der Waals surface area contributed by atoms with Crippen molar-refractivity contribution < 1.29 is 13.2 Å². The molecule has 2 fully saturated rings. The Kier molecular flexibility index (Phi) is 5.52. The van der Waals surface area contributed by atoms with Gasteiger partial charge in [-0.25, -0.2) is 8.42 Å². The summed E-state index contributed by atoms with van der Waals surface area (Å²) in [5.41, 5.74) is 3.19. The summed E-state index contributed by atoms with van der Waals surface area (Å²) in [5.74, 6) is 0.0451. The molecule has 154 valence electrons. The van der Waals surface area contributed by atoms with Gasteiger partial charge in [0.15, 0.2) is 9.84 Å². The summed E-state index contributed by atoms with van der Waals surface area (Å²) in [6.45, 7) is 2.04. The summed E-state index contributed by atoms with van der Waals surface area (Å²) in [5, 5.41) is 2.83. The van der Waals surface area contributed by atoms with Crippen LogP contribution in [-0.2, 0) is 25.8 Å². The van der Waals surface area contributed by atoms with Crippen molar-refractivity contribution in [3.05, 3.63) is 65.2 Å². The van der Waals surface area contributed by atoms with Gasteiger partial charge < -0.3 is 5.32 Å². The van der Waals surface area contributed by atoms with Crippen LogP contribution in [0.4, 0.5) is 5.69 Å². The van der Waals surface area contributed by atoms with Crippen molar-refractivity contribution in [1.29, 1.82) is 0 Å². The fourth-order valence-electron chi connectivity index (χ4n) is 4.62. The average Bonchev–Trinajstić information content (AvgIpc) is 3.51. The molecule has 0 spiro atoms. The Labute approximate surface area is 173 Å². The molecule has 1 N–H and O–H groups in total. The summed E-state index contributed by atoms with van der Waals surface area (Å²) in [6.07, 6.45) is 6.38. The molecule has 29 heavy (non-hydrogen) atoms. The zero-order valence-electron chi connectivity index (χ0n) is 17.0. The van der Waals surface area contributed by atoms with Gasteiger partial charge in [0, 0.05) is 5.69 Å². The highest BCUT2D eigenvalue weighted by molar-refractivity contribution is 7.91. The van der Waals surface area contributed by atoms with Crippen LogP contribution in [0.25, 0.3) is 0 Å². The predicted molar refractivity (Wildman–Crippen MR) is 117 cm³/mol. The molecule has 2 aromatic rings. The van der Waals surface area contributed by atoms with Gasteiger partial charge in [-0.05, 0) is 61.4 Å². The Hall–Kier alpha value is -2.14. The summed E-state index contributed by atoms with van der Waals surface area (Å²) in [4.78, 5) is 13.1. The van der Waals surface area contributed by atoms with E-state index in [1.807, 2.05) is 55.5 Å². The Morgan fingerprint density at radius 2 is 1.76 bits per heavy atom.